The molecule has 1 N–H and O–H groups in total. The minimum atomic E-state index is -0.135. The summed E-state index contributed by atoms with van der Waals surface area (Å²) in [5.74, 6) is -0.0116. The van der Waals surface area contributed by atoms with Gasteiger partial charge in [-0.1, -0.05) is 59.2 Å². The van der Waals surface area contributed by atoms with Crippen LogP contribution in [0.1, 0.15) is 26.2 Å². The molecule has 0 bridgehead atoms. The first kappa shape index (κ1) is 13.5. The van der Waals surface area contributed by atoms with Crippen molar-refractivity contribution in [3.8, 4) is 0 Å². The van der Waals surface area contributed by atoms with Crippen LogP contribution >= 0.6 is 27.3 Å². The number of halogens is 1. The minimum absolute atomic E-state index is 0.0116. The SMILES string of the molecule is CCCC[C@H](Br)C(=O)Nc1nc2ccccc2s1. The number of hydrogen-bond donors (Lipinski definition) is 1. The van der Waals surface area contributed by atoms with Gasteiger partial charge in [0.2, 0.25) is 5.91 Å². The Kier molecular flexibility index (Phi) is 4.72. The van der Waals surface area contributed by atoms with E-state index >= 15 is 0 Å². The van der Waals surface area contributed by atoms with E-state index in [9.17, 15) is 4.79 Å². The molecule has 18 heavy (non-hydrogen) atoms. The summed E-state index contributed by atoms with van der Waals surface area (Å²) < 4.78 is 1.09. The third kappa shape index (κ3) is 3.29. The second kappa shape index (κ2) is 6.29. The molecule has 0 fully saturated rings. The number of hydrogen-bond acceptors (Lipinski definition) is 3. The molecule has 0 unspecified atom stereocenters. The van der Waals surface area contributed by atoms with Gasteiger partial charge in [-0.3, -0.25) is 4.79 Å². The molecule has 5 heteroatoms. The van der Waals surface area contributed by atoms with Crippen LogP contribution < -0.4 is 5.32 Å². The fourth-order valence-electron chi connectivity index (χ4n) is 1.62. The number of nitrogens with one attached hydrogen (secondary N) is 1. The molecule has 1 atom stereocenters. The van der Waals surface area contributed by atoms with E-state index in [2.05, 4.69) is 33.2 Å². The lowest BCUT2D eigenvalue weighted by molar-refractivity contribution is -0.115. The molecule has 0 saturated heterocycles. The van der Waals surface area contributed by atoms with Crippen molar-refractivity contribution in [3.05, 3.63) is 24.3 Å². The first-order valence-corrected chi connectivity index (χ1v) is 7.74. The monoisotopic (exact) mass is 326 g/mol. The predicted octanol–water partition coefficient (Wildman–Crippen LogP) is 4.19. The van der Waals surface area contributed by atoms with E-state index in [1.54, 1.807) is 0 Å². The molecule has 1 aromatic carbocycles. The lowest BCUT2D eigenvalue weighted by Gasteiger charge is -2.07. The second-order valence-electron chi connectivity index (χ2n) is 4.09. The quantitative estimate of drug-likeness (QED) is 0.837. The molecule has 3 nitrogen and oxygen atoms in total. The highest BCUT2D eigenvalue weighted by Gasteiger charge is 2.15. The maximum absolute atomic E-state index is 11.9. The first-order chi connectivity index (χ1) is 8.70. The Bertz CT molecular complexity index is 508. The van der Waals surface area contributed by atoms with Gasteiger partial charge in [0.15, 0.2) is 5.13 Å². The highest BCUT2D eigenvalue weighted by molar-refractivity contribution is 9.10. The molecule has 2 rings (SSSR count). The fraction of sp³-hybridized carbons (Fsp3) is 0.385. The van der Waals surface area contributed by atoms with Crippen LogP contribution in [0.3, 0.4) is 0 Å². The van der Waals surface area contributed by atoms with Crippen LogP contribution in [0.15, 0.2) is 24.3 Å². The highest BCUT2D eigenvalue weighted by Crippen LogP contribution is 2.26. The molecular weight excluding hydrogens is 312 g/mol. The molecule has 0 spiro atoms. The van der Waals surface area contributed by atoms with Crippen LogP contribution in [0.4, 0.5) is 5.13 Å². The highest BCUT2D eigenvalue weighted by atomic mass is 79.9. The summed E-state index contributed by atoms with van der Waals surface area (Å²) in [6, 6.07) is 7.87. The van der Waals surface area contributed by atoms with Crippen molar-refractivity contribution in [3.63, 3.8) is 0 Å². The number of aromatic nitrogens is 1. The maximum atomic E-state index is 11.9. The summed E-state index contributed by atoms with van der Waals surface area (Å²) in [6.07, 6.45) is 2.99. The minimum Gasteiger partial charge on any atom is -0.301 e. The average Bonchev–Trinajstić information content (AvgIpc) is 2.77. The summed E-state index contributed by atoms with van der Waals surface area (Å²) >= 11 is 4.91. The van der Waals surface area contributed by atoms with Crippen molar-refractivity contribution in [1.82, 2.24) is 4.98 Å². The van der Waals surface area contributed by atoms with Crippen molar-refractivity contribution in [2.24, 2.45) is 0 Å². The van der Waals surface area contributed by atoms with Crippen LogP contribution in [0, 0.1) is 0 Å². The van der Waals surface area contributed by atoms with Gasteiger partial charge in [0.25, 0.3) is 0 Å². The fourth-order valence-corrected chi connectivity index (χ4v) is 2.93. The number of nitrogens with zero attached hydrogens (tertiary/aromatic N) is 1. The van der Waals surface area contributed by atoms with Gasteiger partial charge in [-0.2, -0.15) is 0 Å². The van der Waals surface area contributed by atoms with Gasteiger partial charge in [-0.05, 0) is 18.6 Å². The Morgan fingerprint density at radius 1 is 1.50 bits per heavy atom. The Hall–Kier alpha value is -0.940. The van der Waals surface area contributed by atoms with E-state index in [0.29, 0.717) is 5.13 Å². The third-order valence-electron chi connectivity index (χ3n) is 2.62. The van der Waals surface area contributed by atoms with Crippen LogP contribution in [-0.4, -0.2) is 15.7 Å². The maximum Gasteiger partial charge on any atom is 0.239 e. The molecule has 1 heterocycles. The van der Waals surface area contributed by atoms with Crippen molar-refractivity contribution in [2.45, 2.75) is 31.0 Å². The standard InChI is InChI=1S/C13H15BrN2OS/c1-2-3-6-9(14)12(17)16-13-15-10-7-4-5-8-11(10)18-13/h4-5,7-9H,2-3,6H2,1H3,(H,15,16,17)/t9-/m0/s1. The smallest absolute Gasteiger partial charge is 0.239 e. The molecule has 0 radical (unpaired) electrons. The van der Waals surface area contributed by atoms with Crippen molar-refractivity contribution < 1.29 is 4.79 Å². The normalized spacial score (nSPS) is 12.6. The van der Waals surface area contributed by atoms with E-state index in [4.69, 9.17) is 0 Å². The number of unbranched alkanes of at least 4 members (excludes halogenated alkanes) is 1. The molecule has 1 amide bonds. The largest absolute Gasteiger partial charge is 0.301 e. The molecular formula is C13H15BrN2OS. The van der Waals surface area contributed by atoms with Gasteiger partial charge in [0.05, 0.1) is 15.0 Å². The number of rotatable bonds is 5. The Labute approximate surface area is 119 Å². The van der Waals surface area contributed by atoms with Gasteiger partial charge in [0, 0.05) is 0 Å². The summed E-state index contributed by atoms with van der Waals surface area (Å²) in [6.45, 7) is 2.12. The van der Waals surface area contributed by atoms with E-state index in [0.717, 1.165) is 29.5 Å². The zero-order valence-corrected chi connectivity index (χ0v) is 12.6. The van der Waals surface area contributed by atoms with E-state index in [1.165, 1.54) is 11.3 Å². The predicted molar refractivity (Wildman–Crippen MR) is 80.5 cm³/mol. The number of amides is 1. The zero-order chi connectivity index (χ0) is 13.0. The number of carbonyl (C=O) groups excluding carboxylic acids is 1. The topological polar surface area (TPSA) is 42.0 Å². The van der Waals surface area contributed by atoms with Crippen molar-refractivity contribution >= 4 is 48.5 Å². The summed E-state index contributed by atoms with van der Waals surface area (Å²) in [7, 11) is 0. The molecule has 96 valence electrons. The third-order valence-corrected chi connectivity index (χ3v) is 4.45. The lowest BCUT2D eigenvalue weighted by Crippen LogP contribution is -2.22. The number of anilines is 1. The van der Waals surface area contributed by atoms with E-state index < -0.39 is 0 Å². The lowest BCUT2D eigenvalue weighted by atomic mass is 10.2. The Balaban J connectivity index is 2.02. The number of benzene rings is 1. The van der Waals surface area contributed by atoms with Crippen LogP contribution in [-0.2, 0) is 4.79 Å². The van der Waals surface area contributed by atoms with Gasteiger partial charge in [-0.15, -0.1) is 0 Å². The first-order valence-electron chi connectivity index (χ1n) is 6.01. The summed E-state index contributed by atoms with van der Waals surface area (Å²) in [5.41, 5.74) is 0.928. The van der Waals surface area contributed by atoms with Gasteiger partial charge in [-0.25, -0.2) is 4.98 Å². The number of alkyl halides is 1. The summed E-state index contributed by atoms with van der Waals surface area (Å²) in [4.78, 5) is 16.2. The molecule has 0 saturated carbocycles. The van der Waals surface area contributed by atoms with Crippen molar-refractivity contribution in [2.75, 3.05) is 5.32 Å². The van der Waals surface area contributed by atoms with Crippen molar-refractivity contribution in [1.29, 1.82) is 0 Å². The molecule has 0 aliphatic rings. The molecule has 0 aliphatic heterocycles. The van der Waals surface area contributed by atoms with Crippen LogP contribution in [0.25, 0.3) is 10.2 Å². The van der Waals surface area contributed by atoms with Gasteiger partial charge in [0.1, 0.15) is 0 Å². The van der Waals surface area contributed by atoms with E-state index in [-0.39, 0.29) is 10.7 Å². The molecule has 0 aliphatic carbocycles. The Morgan fingerprint density at radius 3 is 3.00 bits per heavy atom. The molecule has 1 aromatic heterocycles. The molecule has 2 aromatic rings. The van der Waals surface area contributed by atoms with Crippen LogP contribution in [0.5, 0.6) is 0 Å². The van der Waals surface area contributed by atoms with Gasteiger partial charge >= 0.3 is 0 Å². The van der Waals surface area contributed by atoms with Gasteiger partial charge < -0.3 is 5.32 Å². The number of fused-ring (bicyclic) bond motifs is 1. The number of thiazole rings is 1. The number of para-hydroxylation sites is 1. The van der Waals surface area contributed by atoms with E-state index in [1.807, 2.05) is 24.3 Å². The average molecular weight is 327 g/mol. The Morgan fingerprint density at radius 2 is 2.28 bits per heavy atom. The zero-order valence-electron chi connectivity index (χ0n) is 10.1. The van der Waals surface area contributed by atoms with Crippen LogP contribution in [0.2, 0.25) is 0 Å². The number of carbonyl (C=O) groups is 1. The second-order valence-corrected chi connectivity index (χ2v) is 6.22. The summed E-state index contributed by atoms with van der Waals surface area (Å²) in [5, 5.41) is 3.53.